The number of rotatable bonds is 8. The fourth-order valence-corrected chi connectivity index (χ4v) is 6.25. The van der Waals surface area contributed by atoms with Crippen molar-refractivity contribution >= 4 is 36.1 Å². The van der Waals surface area contributed by atoms with Gasteiger partial charge in [-0.05, 0) is 47.7 Å². The molecule has 3 N–H and O–H groups in total. The molecule has 1 aromatic heterocycles. The number of halogens is 3. The Morgan fingerprint density at radius 2 is 1.72 bits per heavy atom. The predicted octanol–water partition coefficient (Wildman–Crippen LogP) is 3.42. The number of aromatic amines is 1. The van der Waals surface area contributed by atoms with Crippen LogP contribution in [0.4, 0.5) is 8.78 Å². The zero-order chi connectivity index (χ0) is 24.6. The van der Waals surface area contributed by atoms with Crippen LogP contribution in [0.2, 0.25) is 0 Å². The highest BCUT2D eigenvalue weighted by Gasteiger charge is 2.74. The zero-order valence-corrected chi connectivity index (χ0v) is 20.4. The number of aromatic nitrogens is 3. The van der Waals surface area contributed by atoms with Crippen molar-refractivity contribution in [1.82, 2.24) is 15.2 Å². The minimum absolute atomic E-state index is 0. The summed E-state index contributed by atoms with van der Waals surface area (Å²) in [4.78, 5) is 30.2. The van der Waals surface area contributed by atoms with E-state index in [1.54, 1.807) is 12.1 Å². The maximum Gasteiger partial charge on any atom is 0.326 e. The standard InChI is InChI=1S/C24H22F2N4O4S.ClH/c25-15-5-1-3-13(7-15)10-33-21(31)19-18-17(35-23-28-12-29-30-23)9-24(27,20(18)19)22(32)34-11-14-4-2-6-16(26)8-14;/h1-8,12,17-20H,9-11,27H2,(H,28,29,30);1H/t17-,18-,19-,20-,24-;/m0./s1. The van der Waals surface area contributed by atoms with E-state index in [2.05, 4.69) is 15.2 Å². The predicted molar refractivity (Wildman–Crippen MR) is 128 cm³/mol. The van der Waals surface area contributed by atoms with Gasteiger partial charge in [0.1, 0.15) is 36.7 Å². The summed E-state index contributed by atoms with van der Waals surface area (Å²) in [7, 11) is 0. The van der Waals surface area contributed by atoms with Gasteiger partial charge in [-0.15, -0.1) is 12.4 Å². The third-order valence-corrected chi connectivity index (χ3v) is 7.68. The lowest BCUT2D eigenvalue weighted by Gasteiger charge is -2.27. The highest BCUT2D eigenvalue weighted by molar-refractivity contribution is 7.99. The number of ether oxygens (including phenoxy) is 2. The maximum absolute atomic E-state index is 13.5. The molecule has 0 radical (unpaired) electrons. The van der Waals surface area contributed by atoms with Crippen LogP contribution in [-0.2, 0) is 32.3 Å². The molecule has 0 spiro atoms. The first kappa shape index (κ1) is 26.1. The van der Waals surface area contributed by atoms with Gasteiger partial charge in [-0.1, -0.05) is 36.0 Å². The van der Waals surface area contributed by atoms with E-state index in [9.17, 15) is 18.4 Å². The van der Waals surface area contributed by atoms with Gasteiger partial charge in [-0.2, -0.15) is 5.10 Å². The molecule has 2 aliphatic rings. The van der Waals surface area contributed by atoms with E-state index >= 15 is 0 Å². The fraction of sp³-hybridized carbons (Fsp3) is 0.333. The molecule has 2 aliphatic carbocycles. The molecule has 36 heavy (non-hydrogen) atoms. The molecule has 5 atom stereocenters. The molecule has 1 heterocycles. The van der Waals surface area contributed by atoms with Crippen molar-refractivity contribution < 1.29 is 27.8 Å². The van der Waals surface area contributed by atoms with Crippen molar-refractivity contribution in [2.75, 3.05) is 0 Å². The Morgan fingerprint density at radius 3 is 2.31 bits per heavy atom. The molecular formula is C24H23ClF2N4O4S. The molecule has 5 rings (SSSR count). The third-order valence-electron chi connectivity index (χ3n) is 6.48. The van der Waals surface area contributed by atoms with Crippen LogP contribution < -0.4 is 5.73 Å². The largest absolute Gasteiger partial charge is 0.461 e. The van der Waals surface area contributed by atoms with Gasteiger partial charge in [-0.3, -0.25) is 14.7 Å². The first-order valence-corrected chi connectivity index (χ1v) is 11.9. The lowest BCUT2D eigenvalue weighted by Crippen LogP contribution is -2.51. The minimum Gasteiger partial charge on any atom is -0.461 e. The molecule has 0 saturated heterocycles. The van der Waals surface area contributed by atoms with Crippen LogP contribution in [0.25, 0.3) is 0 Å². The quantitative estimate of drug-likeness (QED) is 0.420. The van der Waals surface area contributed by atoms with Gasteiger partial charge in [0, 0.05) is 11.2 Å². The molecule has 0 amide bonds. The zero-order valence-electron chi connectivity index (χ0n) is 18.8. The van der Waals surface area contributed by atoms with Crippen molar-refractivity contribution in [2.45, 2.75) is 35.6 Å². The average Bonchev–Trinajstić information content (AvgIpc) is 3.26. The summed E-state index contributed by atoms with van der Waals surface area (Å²) < 4.78 is 37.8. The third kappa shape index (κ3) is 5.23. The van der Waals surface area contributed by atoms with E-state index in [1.165, 1.54) is 54.5 Å². The number of carbonyl (C=O) groups is 2. The molecule has 8 nitrogen and oxygen atoms in total. The Morgan fingerprint density at radius 1 is 1.08 bits per heavy atom. The van der Waals surface area contributed by atoms with E-state index < -0.39 is 40.9 Å². The summed E-state index contributed by atoms with van der Waals surface area (Å²) >= 11 is 1.36. The van der Waals surface area contributed by atoms with Crippen LogP contribution in [0.15, 0.2) is 60.0 Å². The number of nitrogens with one attached hydrogen (secondary N) is 1. The van der Waals surface area contributed by atoms with E-state index in [0.717, 1.165) is 0 Å². The number of hydrogen-bond donors (Lipinski definition) is 2. The van der Waals surface area contributed by atoms with Crippen LogP contribution >= 0.6 is 24.2 Å². The van der Waals surface area contributed by atoms with Gasteiger partial charge in [0.15, 0.2) is 5.16 Å². The van der Waals surface area contributed by atoms with E-state index in [-0.39, 0.29) is 43.2 Å². The number of esters is 2. The number of carbonyl (C=O) groups excluding carboxylic acids is 2. The Labute approximate surface area is 215 Å². The molecule has 0 bridgehead atoms. The van der Waals surface area contributed by atoms with Crippen LogP contribution in [0.1, 0.15) is 17.5 Å². The van der Waals surface area contributed by atoms with E-state index in [4.69, 9.17) is 15.2 Å². The number of fused-ring (bicyclic) bond motifs is 1. The van der Waals surface area contributed by atoms with Crippen LogP contribution in [0.3, 0.4) is 0 Å². The molecule has 0 unspecified atom stereocenters. The molecule has 3 aromatic rings. The van der Waals surface area contributed by atoms with Crippen molar-refractivity contribution in [2.24, 2.45) is 23.5 Å². The highest BCUT2D eigenvalue weighted by atomic mass is 35.5. The van der Waals surface area contributed by atoms with Crippen LogP contribution in [-0.4, -0.2) is 37.9 Å². The second-order valence-corrected chi connectivity index (χ2v) is 9.99. The summed E-state index contributed by atoms with van der Waals surface area (Å²) in [6.07, 6.45) is 1.64. The maximum atomic E-state index is 13.5. The van der Waals surface area contributed by atoms with E-state index in [0.29, 0.717) is 16.3 Å². The summed E-state index contributed by atoms with van der Waals surface area (Å²) in [5.41, 5.74) is 6.18. The topological polar surface area (TPSA) is 120 Å². The van der Waals surface area contributed by atoms with Gasteiger partial charge < -0.3 is 15.2 Å². The molecule has 2 aromatic carbocycles. The summed E-state index contributed by atoms with van der Waals surface area (Å²) in [6.45, 7) is -0.227. The first-order chi connectivity index (χ1) is 16.8. The summed E-state index contributed by atoms with van der Waals surface area (Å²) in [6, 6.07) is 11.5. The second kappa shape index (κ2) is 10.5. The van der Waals surface area contributed by atoms with Gasteiger partial charge in [0.05, 0.1) is 5.92 Å². The van der Waals surface area contributed by atoms with Crippen molar-refractivity contribution in [3.8, 4) is 0 Å². The Bertz CT molecular complexity index is 1250. The fourth-order valence-electron chi connectivity index (χ4n) is 4.89. The van der Waals surface area contributed by atoms with E-state index in [1.807, 2.05) is 0 Å². The van der Waals surface area contributed by atoms with Crippen molar-refractivity contribution in [3.63, 3.8) is 0 Å². The highest BCUT2D eigenvalue weighted by Crippen LogP contribution is 2.65. The molecule has 12 heteroatoms. The van der Waals surface area contributed by atoms with Crippen molar-refractivity contribution in [3.05, 3.63) is 77.6 Å². The molecule has 190 valence electrons. The smallest absolute Gasteiger partial charge is 0.326 e. The molecular weight excluding hydrogens is 514 g/mol. The van der Waals surface area contributed by atoms with Gasteiger partial charge in [-0.25, -0.2) is 13.8 Å². The number of nitrogens with two attached hydrogens (primary N) is 1. The Balaban J connectivity index is 0.00000304. The molecule has 0 aliphatic heterocycles. The van der Waals surface area contributed by atoms with Crippen LogP contribution in [0, 0.1) is 29.4 Å². The van der Waals surface area contributed by atoms with Crippen molar-refractivity contribution in [1.29, 1.82) is 0 Å². The summed E-state index contributed by atoms with van der Waals surface area (Å²) in [5.74, 6) is -3.33. The van der Waals surface area contributed by atoms with Gasteiger partial charge >= 0.3 is 11.9 Å². The Kier molecular flexibility index (Phi) is 7.62. The SMILES string of the molecule is Cl.N[C@@]1(C(=O)OCc2cccc(F)c2)C[C@H](Sc2ncn[nH]2)[C@H]2[C@H](C(=O)OCc3cccc(F)c3)[C@H]21. The number of nitrogens with zero attached hydrogens (tertiary/aromatic N) is 2. The molecule has 2 saturated carbocycles. The van der Waals surface area contributed by atoms with Gasteiger partial charge in [0.2, 0.25) is 0 Å². The monoisotopic (exact) mass is 536 g/mol. The first-order valence-electron chi connectivity index (χ1n) is 11.0. The second-order valence-electron chi connectivity index (χ2n) is 8.76. The minimum atomic E-state index is -1.42. The van der Waals surface area contributed by atoms with Crippen LogP contribution in [0.5, 0.6) is 0 Å². The Hall–Kier alpha value is -3.02. The normalized spacial score (nSPS) is 26.0. The lowest BCUT2D eigenvalue weighted by molar-refractivity contribution is -0.153. The van der Waals surface area contributed by atoms with Gasteiger partial charge in [0.25, 0.3) is 0 Å². The number of hydrogen-bond acceptors (Lipinski definition) is 8. The molecule has 2 fully saturated rings. The lowest BCUT2D eigenvalue weighted by atomic mass is 9.91. The number of H-pyrrole nitrogens is 1. The number of benzene rings is 2. The summed E-state index contributed by atoms with van der Waals surface area (Å²) in [5, 5.41) is 6.95. The average molecular weight is 537 g/mol. The number of thioether (sulfide) groups is 1.